The molecule has 96 valence electrons. The van der Waals surface area contributed by atoms with E-state index in [0.717, 1.165) is 17.3 Å². The first-order valence-corrected chi connectivity index (χ1v) is 6.27. The zero-order chi connectivity index (χ0) is 13.7. The highest BCUT2D eigenvalue weighted by atomic mass is 16.1. The van der Waals surface area contributed by atoms with Crippen LogP contribution in [0, 0.1) is 11.3 Å². The van der Waals surface area contributed by atoms with Crippen molar-refractivity contribution in [1.29, 1.82) is 5.26 Å². The van der Waals surface area contributed by atoms with Crippen LogP contribution in [0.4, 0.5) is 0 Å². The van der Waals surface area contributed by atoms with Gasteiger partial charge in [-0.25, -0.2) is 0 Å². The number of fused-ring (bicyclic) bond motifs is 1. The van der Waals surface area contributed by atoms with E-state index in [9.17, 15) is 4.79 Å². The van der Waals surface area contributed by atoms with Gasteiger partial charge in [-0.15, -0.1) is 0 Å². The summed E-state index contributed by atoms with van der Waals surface area (Å²) in [5.41, 5.74) is 1.46. The summed E-state index contributed by atoms with van der Waals surface area (Å²) in [5, 5.41) is 12.5. The van der Waals surface area contributed by atoms with E-state index in [1.54, 1.807) is 12.3 Å². The van der Waals surface area contributed by atoms with Crippen molar-refractivity contribution in [3.8, 4) is 6.07 Å². The number of pyridine rings is 1. The van der Waals surface area contributed by atoms with Crippen LogP contribution in [0.1, 0.15) is 30.1 Å². The number of carbonyl (C=O) groups excluding carboxylic acids is 1. The van der Waals surface area contributed by atoms with Gasteiger partial charge in [0.05, 0.1) is 18.0 Å². The molecule has 0 saturated heterocycles. The fourth-order valence-electron chi connectivity index (χ4n) is 1.89. The van der Waals surface area contributed by atoms with Gasteiger partial charge in [0.25, 0.3) is 5.91 Å². The molecule has 0 saturated carbocycles. The number of aromatic nitrogens is 1. The van der Waals surface area contributed by atoms with Gasteiger partial charge in [-0.1, -0.05) is 13.0 Å². The van der Waals surface area contributed by atoms with E-state index in [0.29, 0.717) is 12.0 Å². The summed E-state index contributed by atoms with van der Waals surface area (Å²) in [4.78, 5) is 16.3. The molecule has 0 spiro atoms. The second kappa shape index (κ2) is 5.96. The molecular formula is C15H15N3O. The Morgan fingerprint density at radius 1 is 1.47 bits per heavy atom. The number of hydrogen-bond acceptors (Lipinski definition) is 3. The molecule has 0 fully saturated rings. The van der Waals surface area contributed by atoms with Crippen molar-refractivity contribution in [3.63, 3.8) is 0 Å². The molecule has 19 heavy (non-hydrogen) atoms. The molecule has 0 aliphatic heterocycles. The van der Waals surface area contributed by atoms with Crippen LogP contribution in [-0.4, -0.2) is 16.9 Å². The second-order valence-corrected chi connectivity index (χ2v) is 4.35. The van der Waals surface area contributed by atoms with E-state index in [1.807, 2.05) is 31.2 Å². The van der Waals surface area contributed by atoms with Crippen molar-refractivity contribution in [2.24, 2.45) is 0 Å². The van der Waals surface area contributed by atoms with Crippen molar-refractivity contribution in [2.45, 2.75) is 25.8 Å². The first-order valence-electron chi connectivity index (χ1n) is 6.27. The van der Waals surface area contributed by atoms with E-state index in [4.69, 9.17) is 5.26 Å². The van der Waals surface area contributed by atoms with Gasteiger partial charge in [0, 0.05) is 23.2 Å². The molecule has 1 aromatic heterocycles. The summed E-state index contributed by atoms with van der Waals surface area (Å²) < 4.78 is 0. The Balaban J connectivity index is 2.19. The van der Waals surface area contributed by atoms with Crippen molar-refractivity contribution in [1.82, 2.24) is 10.3 Å². The van der Waals surface area contributed by atoms with Gasteiger partial charge in [-0.05, 0) is 30.7 Å². The fourth-order valence-corrected chi connectivity index (χ4v) is 1.89. The Labute approximate surface area is 112 Å². The topological polar surface area (TPSA) is 65.8 Å². The second-order valence-electron chi connectivity index (χ2n) is 4.35. The van der Waals surface area contributed by atoms with Gasteiger partial charge in [-0.3, -0.25) is 9.78 Å². The van der Waals surface area contributed by atoms with Crippen molar-refractivity contribution >= 4 is 16.8 Å². The highest BCUT2D eigenvalue weighted by molar-refractivity contribution is 5.98. The minimum absolute atomic E-state index is 0.0953. The maximum absolute atomic E-state index is 12.1. The lowest BCUT2D eigenvalue weighted by Gasteiger charge is -2.13. The standard InChI is InChI=1S/C15H15N3O/c1-2-13(7-8-16)18-15(19)12-5-6-14-11(10-12)4-3-9-17-14/h3-6,9-10,13H,2,7H2,1H3,(H,18,19). The molecule has 4 heteroatoms. The summed E-state index contributed by atoms with van der Waals surface area (Å²) in [6, 6.07) is 11.1. The van der Waals surface area contributed by atoms with Crippen molar-refractivity contribution in [2.75, 3.05) is 0 Å². The van der Waals surface area contributed by atoms with Crippen LogP contribution in [0.5, 0.6) is 0 Å². The Bertz CT molecular complexity index is 631. The summed E-state index contributed by atoms with van der Waals surface area (Å²) in [6.45, 7) is 1.95. The first kappa shape index (κ1) is 13.0. The first-order chi connectivity index (χ1) is 9.24. The number of nitrogens with zero attached hydrogens (tertiary/aromatic N) is 2. The Kier molecular flexibility index (Phi) is 4.09. The predicted molar refractivity (Wildman–Crippen MR) is 73.5 cm³/mol. The lowest BCUT2D eigenvalue weighted by molar-refractivity contribution is 0.0937. The quantitative estimate of drug-likeness (QED) is 0.910. The number of benzene rings is 1. The van der Waals surface area contributed by atoms with E-state index >= 15 is 0 Å². The molecule has 0 aliphatic rings. The summed E-state index contributed by atoms with van der Waals surface area (Å²) in [6.07, 6.45) is 2.80. The van der Waals surface area contributed by atoms with Gasteiger partial charge in [0.15, 0.2) is 0 Å². The molecule has 1 N–H and O–H groups in total. The van der Waals surface area contributed by atoms with Crippen LogP contribution in [0.2, 0.25) is 0 Å². The van der Waals surface area contributed by atoms with Crippen LogP contribution >= 0.6 is 0 Å². The van der Waals surface area contributed by atoms with E-state index < -0.39 is 0 Å². The molecule has 0 aliphatic carbocycles. The highest BCUT2D eigenvalue weighted by Crippen LogP contribution is 2.13. The molecule has 1 aromatic carbocycles. The van der Waals surface area contributed by atoms with E-state index in [2.05, 4.69) is 16.4 Å². The maximum Gasteiger partial charge on any atom is 0.251 e. The molecule has 1 atom stereocenters. The number of nitriles is 1. The lowest BCUT2D eigenvalue weighted by Crippen LogP contribution is -2.34. The zero-order valence-electron chi connectivity index (χ0n) is 10.8. The molecule has 1 amide bonds. The van der Waals surface area contributed by atoms with E-state index in [-0.39, 0.29) is 11.9 Å². The average Bonchev–Trinajstić information content (AvgIpc) is 2.46. The lowest BCUT2D eigenvalue weighted by atomic mass is 10.1. The maximum atomic E-state index is 12.1. The van der Waals surface area contributed by atoms with Crippen LogP contribution < -0.4 is 5.32 Å². The number of rotatable bonds is 4. The van der Waals surface area contributed by atoms with Crippen LogP contribution in [0.3, 0.4) is 0 Å². The number of carbonyl (C=O) groups is 1. The average molecular weight is 253 g/mol. The molecule has 2 rings (SSSR count). The minimum atomic E-state index is -0.146. The third kappa shape index (κ3) is 3.08. The Morgan fingerprint density at radius 2 is 2.32 bits per heavy atom. The summed E-state index contributed by atoms with van der Waals surface area (Å²) in [7, 11) is 0. The molecule has 0 radical (unpaired) electrons. The van der Waals surface area contributed by atoms with Crippen LogP contribution in [0.15, 0.2) is 36.5 Å². The van der Waals surface area contributed by atoms with Gasteiger partial charge in [-0.2, -0.15) is 5.26 Å². The fraction of sp³-hybridized carbons (Fsp3) is 0.267. The van der Waals surface area contributed by atoms with Gasteiger partial charge in [0.1, 0.15) is 0 Å². The third-order valence-corrected chi connectivity index (χ3v) is 3.03. The largest absolute Gasteiger partial charge is 0.348 e. The SMILES string of the molecule is CCC(CC#N)NC(=O)c1ccc2ncccc2c1. The molecule has 1 heterocycles. The monoisotopic (exact) mass is 253 g/mol. The minimum Gasteiger partial charge on any atom is -0.348 e. The number of nitrogens with one attached hydrogen (secondary N) is 1. The normalized spacial score (nSPS) is 11.8. The Hall–Kier alpha value is -2.41. The van der Waals surface area contributed by atoms with Gasteiger partial charge < -0.3 is 5.32 Å². The van der Waals surface area contributed by atoms with E-state index in [1.165, 1.54) is 0 Å². The Morgan fingerprint density at radius 3 is 3.05 bits per heavy atom. The molecule has 2 aromatic rings. The van der Waals surface area contributed by atoms with Crippen molar-refractivity contribution < 1.29 is 4.79 Å². The molecular weight excluding hydrogens is 238 g/mol. The number of amides is 1. The molecule has 1 unspecified atom stereocenters. The molecule has 0 bridgehead atoms. The summed E-state index contributed by atoms with van der Waals surface area (Å²) in [5.74, 6) is -0.146. The van der Waals surface area contributed by atoms with Gasteiger partial charge in [0.2, 0.25) is 0 Å². The third-order valence-electron chi connectivity index (χ3n) is 3.03. The molecule has 4 nitrogen and oxygen atoms in total. The van der Waals surface area contributed by atoms with Gasteiger partial charge >= 0.3 is 0 Å². The zero-order valence-corrected chi connectivity index (χ0v) is 10.8. The highest BCUT2D eigenvalue weighted by Gasteiger charge is 2.12. The van der Waals surface area contributed by atoms with Crippen molar-refractivity contribution in [3.05, 3.63) is 42.1 Å². The smallest absolute Gasteiger partial charge is 0.251 e. The van der Waals surface area contributed by atoms with Crippen LogP contribution in [-0.2, 0) is 0 Å². The predicted octanol–water partition coefficient (Wildman–Crippen LogP) is 2.66. The summed E-state index contributed by atoms with van der Waals surface area (Å²) >= 11 is 0. The van der Waals surface area contributed by atoms with Crippen LogP contribution in [0.25, 0.3) is 10.9 Å². The number of hydrogen-bond donors (Lipinski definition) is 1.